The minimum Gasteiger partial charge on any atom is -0.321 e. The normalized spacial score (nSPS) is 11.5. The van der Waals surface area contributed by atoms with E-state index in [-0.39, 0.29) is 17.3 Å². The van der Waals surface area contributed by atoms with Gasteiger partial charge < -0.3 is 5.32 Å². The standard InChI is InChI=1S/C23H26N4O3S/c1-5-18-8-6-7-17(3)22(18)26-23(28)19-13-24-21(25-14-19)15-27(4)31(29,30)20-11-9-16(2)10-12-20/h6-14H,5,15H2,1-4H3,(H,26,28). The van der Waals surface area contributed by atoms with Crippen molar-refractivity contribution < 1.29 is 13.2 Å². The average molecular weight is 439 g/mol. The van der Waals surface area contributed by atoms with Crippen molar-refractivity contribution >= 4 is 21.6 Å². The fraction of sp³-hybridized carbons (Fsp3) is 0.261. The van der Waals surface area contributed by atoms with E-state index in [0.29, 0.717) is 11.4 Å². The minimum absolute atomic E-state index is 0.00408. The Balaban J connectivity index is 1.71. The molecule has 7 nitrogen and oxygen atoms in total. The van der Waals surface area contributed by atoms with Crippen molar-refractivity contribution in [2.45, 2.75) is 38.6 Å². The zero-order chi connectivity index (χ0) is 22.6. The molecule has 1 aromatic heterocycles. The maximum Gasteiger partial charge on any atom is 0.258 e. The fourth-order valence-corrected chi connectivity index (χ4v) is 4.24. The van der Waals surface area contributed by atoms with Crippen molar-refractivity contribution in [3.8, 4) is 0 Å². The largest absolute Gasteiger partial charge is 0.321 e. The highest BCUT2D eigenvalue weighted by atomic mass is 32.2. The first kappa shape index (κ1) is 22.6. The van der Waals surface area contributed by atoms with Gasteiger partial charge >= 0.3 is 0 Å². The molecule has 0 aliphatic heterocycles. The fourth-order valence-electron chi connectivity index (χ4n) is 3.12. The van der Waals surface area contributed by atoms with Crippen molar-refractivity contribution in [2.75, 3.05) is 12.4 Å². The van der Waals surface area contributed by atoms with E-state index >= 15 is 0 Å². The number of nitrogens with zero attached hydrogens (tertiary/aromatic N) is 3. The first-order valence-electron chi connectivity index (χ1n) is 9.96. The third kappa shape index (κ3) is 5.15. The second-order valence-corrected chi connectivity index (χ2v) is 9.42. The number of carbonyl (C=O) groups excluding carboxylic acids is 1. The van der Waals surface area contributed by atoms with Crippen LogP contribution in [0.3, 0.4) is 0 Å². The summed E-state index contributed by atoms with van der Waals surface area (Å²) in [5.74, 6) is -0.00365. The van der Waals surface area contributed by atoms with Gasteiger partial charge in [0.15, 0.2) is 0 Å². The summed E-state index contributed by atoms with van der Waals surface area (Å²) >= 11 is 0. The van der Waals surface area contributed by atoms with Gasteiger partial charge in [-0.2, -0.15) is 4.31 Å². The Bertz CT molecular complexity index is 1170. The number of para-hydroxylation sites is 1. The van der Waals surface area contributed by atoms with E-state index in [4.69, 9.17) is 0 Å². The highest BCUT2D eigenvalue weighted by Crippen LogP contribution is 2.22. The number of nitrogens with one attached hydrogen (secondary N) is 1. The van der Waals surface area contributed by atoms with Crippen LogP contribution in [0.2, 0.25) is 0 Å². The zero-order valence-electron chi connectivity index (χ0n) is 18.1. The Morgan fingerprint density at radius 2 is 1.68 bits per heavy atom. The third-order valence-electron chi connectivity index (χ3n) is 5.04. The number of rotatable bonds is 7. The predicted octanol–water partition coefficient (Wildman–Crippen LogP) is 3.73. The summed E-state index contributed by atoms with van der Waals surface area (Å²) in [5.41, 5.74) is 4.11. The van der Waals surface area contributed by atoms with Crippen LogP contribution in [0.5, 0.6) is 0 Å². The summed E-state index contributed by atoms with van der Waals surface area (Å²) in [6, 6.07) is 12.5. The second-order valence-electron chi connectivity index (χ2n) is 7.38. The van der Waals surface area contributed by atoms with Crippen LogP contribution >= 0.6 is 0 Å². The summed E-state index contributed by atoms with van der Waals surface area (Å²) in [6.07, 6.45) is 3.62. The molecule has 0 unspecified atom stereocenters. The summed E-state index contributed by atoms with van der Waals surface area (Å²) in [4.78, 5) is 21.2. The number of hydrogen-bond donors (Lipinski definition) is 1. The molecule has 0 saturated heterocycles. The van der Waals surface area contributed by atoms with Crippen LogP contribution in [-0.4, -0.2) is 35.6 Å². The maximum absolute atomic E-state index is 12.7. The lowest BCUT2D eigenvalue weighted by molar-refractivity contribution is 0.102. The Labute approximate surface area is 183 Å². The molecule has 0 saturated carbocycles. The van der Waals surface area contributed by atoms with E-state index in [0.717, 1.165) is 28.8 Å². The molecular weight excluding hydrogens is 412 g/mol. The number of anilines is 1. The van der Waals surface area contributed by atoms with Crippen molar-refractivity contribution in [3.63, 3.8) is 0 Å². The van der Waals surface area contributed by atoms with Gasteiger partial charge in [0.25, 0.3) is 5.91 Å². The van der Waals surface area contributed by atoms with Crippen LogP contribution in [0.15, 0.2) is 59.8 Å². The average Bonchev–Trinajstić information content (AvgIpc) is 2.75. The van der Waals surface area contributed by atoms with E-state index in [1.165, 1.54) is 23.7 Å². The number of aryl methyl sites for hydroxylation is 3. The smallest absolute Gasteiger partial charge is 0.258 e. The third-order valence-corrected chi connectivity index (χ3v) is 6.86. The number of carbonyl (C=O) groups is 1. The van der Waals surface area contributed by atoms with E-state index < -0.39 is 10.0 Å². The van der Waals surface area contributed by atoms with Gasteiger partial charge in [0, 0.05) is 25.1 Å². The summed E-state index contributed by atoms with van der Waals surface area (Å²) in [5, 5.41) is 2.93. The van der Waals surface area contributed by atoms with Crippen molar-refractivity contribution in [3.05, 3.63) is 82.9 Å². The monoisotopic (exact) mass is 438 g/mol. The maximum atomic E-state index is 12.7. The zero-order valence-corrected chi connectivity index (χ0v) is 18.9. The molecule has 3 rings (SSSR count). The van der Waals surface area contributed by atoms with Gasteiger partial charge in [0.2, 0.25) is 10.0 Å². The van der Waals surface area contributed by atoms with Gasteiger partial charge in [-0.05, 0) is 43.5 Å². The minimum atomic E-state index is -3.66. The molecule has 1 N–H and O–H groups in total. The Morgan fingerprint density at radius 1 is 1.03 bits per heavy atom. The van der Waals surface area contributed by atoms with Crippen LogP contribution < -0.4 is 5.32 Å². The van der Waals surface area contributed by atoms with Crippen LogP contribution in [0.4, 0.5) is 5.69 Å². The Morgan fingerprint density at radius 3 is 2.29 bits per heavy atom. The predicted molar refractivity (Wildman–Crippen MR) is 120 cm³/mol. The molecule has 1 amide bonds. The molecule has 0 spiro atoms. The number of hydrogen-bond acceptors (Lipinski definition) is 5. The second kappa shape index (κ2) is 9.36. The first-order valence-corrected chi connectivity index (χ1v) is 11.4. The number of sulfonamides is 1. The summed E-state index contributed by atoms with van der Waals surface area (Å²) < 4.78 is 26.6. The van der Waals surface area contributed by atoms with Gasteiger partial charge in [-0.25, -0.2) is 18.4 Å². The number of amides is 1. The molecule has 8 heteroatoms. The summed E-state index contributed by atoms with van der Waals surface area (Å²) in [6.45, 7) is 5.87. The molecule has 1 heterocycles. The van der Waals surface area contributed by atoms with Crippen LogP contribution in [0.1, 0.15) is 39.8 Å². The Hall–Kier alpha value is -3.10. The van der Waals surface area contributed by atoms with E-state index in [1.54, 1.807) is 24.3 Å². The lowest BCUT2D eigenvalue weighted by atomic mass is 10.1. The highest BCUT2D eigenvalue weighted by Gasteiger charge is 2.22. The first-order chi connectivity index (χ1) is 14.7. The molecule has 0 aliphatic rings. The van der Waals surface area contributed by atoms with E-state index in [9.17, 15) is 13.2 Å². The van der Waals surface area contributed by atoms with Crippen molar-refractivity contribution in [1.82, 2.24) is 14.3 Å². The molecule has 162 valence electrons. The molecule has 0 fully saturated rings. The van der Waals surface area contributed by atoms with Gasteiger partial charge in [-0.3, -0.25) is 4.79 Å². The van der Waals surface area contributed by atoms with Crippen LogP contribution in [-0.2, 0) is 23.0 Å². The molecule has 3 aromatic rings. The molecular formula is C23H26N4O3S. The van der Waals surface area contributed by atoms with Gasteiger partial charge in [0.1, 0.15) is 5.82 Å². The summed E-state index contributed by atoms with van der Waals surface area (Å²) in [7, 11) is -2.18. The SMILES string of the molecule is CCc1cccc(C)c1NC(=O)c1cnc(CN(C)S(=O)(=O)c2ccc(C)cc2)nc1. The number of aromatic nitrogens is 2. The molecule has 0 atom stereocenters. The Kier molecular flexibility index (Phi) is 6.82. The topological polar surface area (TPSA) is 92.3 Å². The van der Waals surface area contributed by atoms with E-state index in [1.807, 2.05) is 39.0 Å². The van der Waals surface area contributed by atoms with Gasteiger partial charge in [0.05, 0.1) is 17.0 Å². The quantitative estimate of drug-likeness (QED) is 0.607. The lowest BCUT2D eigenvalue weighted by Gasteiger charge is -2.16. The molecule has 0 aliphatic carbocycles. The number of benzene rings is 2. The van der Waals surface area contributed by atoms with Gasteiger partial charge in [-0.15, -0.1) is 0 Å². The molecule has 2 aromatic carbocycles. The van der Waals surface area contributed by atoms with Crippen LogP contribution in [0, 0.1) is 13.8 Å². The van der Waals surface area contributed by atoms with Gasteiger partial charge in [-0.1, -0.05) is 42.8 Å². The molecule has 31 heavy (non-hydrogen) atoms. The van der Waals surface area contributed by atoms with Crippen molar-refractivity contribution in [1.29, 1.82) is 0 Å². The highest BCUT2D eigenvalue weighted by molar-refractivity contribution is 7.89. The van der Waals surface area contributed by atoms with Crippen LogP contribution in [0.25, 0.3) is 0 Å². The molecule has 0 radical (unpaired) electrons. The lowest BCUT2D eigenvalue weighted by Crippen LogP contribution is -2.27. The van der Waals surface area contributed by atoms with E-state index in [2.05, 4.69) is 15.3 Å². The molecule has 0 bridgehead atoms. The van der Waals surface area contributed by atoms with Crippen molar-refractivity contribution in [2.24, 2.45) is 0 Å².